The number of hydrogen-bond acceptors (Lipinski definition) is 18. The van der Waals surface area contributed by atoms with Gasteiger partial charge in [0.15, 0.2) is 16.9 Å². The first-order valence-corrected chi connectivity index (χ1v) is 35.8. The van der Waals surface area contributed by atoms with Crippen molar-refractivity contribution >= 4 is 124 Å². The molecule has 0 bridgehead atoms. The molecule has 0 aliphatic carbocycles. The van der Waals surface area contributed by atoms with Gasteiger partial charge in [0.05, 0.1) is 72.6 Å². The van der Waals surface area contributed by atoms with Crippen LogP contribution in [0.3, 0.4) is 0 Å². The number of benzene rings is 3. The van der Waals surface area contributed by atoms with E-state index in [1.165, 1.54) is 6.07 Å². The van der Waals surface area contributed by atoms with Crippen molar-refractivity contribution in [2.45, 2.75) is 34.5 Å². The molecule has 1 radical (unpaired) electrons. The number of nitrogens with one attached hydrogen (secondary N) is 2. The minimum absolute atomic E-state index is 0. The molecule has 0 unspecified atom stereocenters. The summed E-state index contributed by atoms with van der Waals surface area (Å²) in [4.78, 5) is 37.7. The average Bonchev–Trinajstić information content (AvgIpc) is 1.62. The van der Waals surface area contributed by atoms with Crippen LogP contribution in [-0.4, -0.2) is 224 Å². The van der Waals surface area contributed by atoms with Crippen LogP contribution < -0.4 is 5.56 Å². The first-order valence-electron chi connectivity index (χ1n) is 31.3. The number of halogens is 5. The van der Waals surface area contributed by atoms with Gasteiger partial charge in [-0.1, -0.05) is 147 Å². The van der Waals surface area contributed by atoms with Crippen LogP contribution in [0.5, 0.6) is 0 Å². The third kappa shape index (κ3) is 18.1. The van der Waals surface area contributed by atoms with Gasteiger partial charge in [0, 0.05) is 153 Å². The molecule has 12 aromatic rings. The van der Waals surface area contributed by atoms with E-state index in [4.69, 9.17) is 50.1 Å². The van der Waals surface area contributed by atoms with Crippen LogP contribution in [0.1, 0.15) is 14.9 Å². The van der Waals surface area contributed by atoms with Gasteiger partial charge >= 0.3 is 0 Å². The summed E-state index contributed by atoms with van der Waals surface area (Å²) in [7, 11) is 6.48. The SMILES string of the molecule is C.C.CN1CCN(CCn2nc(-c3ccc[nH]3)c3c(Cl)c(-c4ccccc4)nnc32)CC1.CN1CCN(CCn2nc(-c3cccc(=O)[nH]3)c3c(Cl)c(-c4ccccc4)nnc32)CC1.CN1CCN(CCn2nc(-c3cncs3)c3c(Cl)c(-c4ccccc4)nnc32)CC1.I[CH-]I.[Ir]. The number of fused-ring (bicyclic) bond motifs is 3. The molecule has 3 aliphatic heterocycles. The summed E-state index contributed by atoms with van der Waals surface area (Å²) in [6, 6.07) is 38.5. The van der Waals surface area contributed by atoms with Crippen LogP contribution in [0.2, 0.25) is 15.1 Å². The zero-order valence-corrected chi connectivity index (χ0v) is 62.9. The fourth-order valence-electron chi connectivity index (χ4n) is 11.7. The fourth-order valence-corrected chi connectivity index (χ4v) is 13.3. The van der Waals surface area contributed by atoms with Gasteiger partial charge in [0.2, 0.25) is 5.56 Å². The normalized spacial score (nSPS) is 14.9. The van der Waals surface area contributed by atoms with E-state index in [1.54, 1.807) is 17.4 Å². The minimum atomic E-state index is -0.191. The summed E-state index contributed by atoms with van der Waals surface area (Å²) in [5, 5.41) is 45.6. The first kappa shape index (κ1) is 76.1. The van der Waals surface area contributed by atoms with Crippen molar-refractivity contribution in [1.29, 1.82) is 0 Å². The maximum atomic E-state index is 12.0. The van der Waals surface area contributed by atoms with Crippen LogP contribution in [0.25, 0.3) is 100 Å². The van der Waals surface area contributed by atoms with Crippen molar-refractivity contribution in [3.8, 4) is 67.1 Å². The van der Waals surface area contributed by atoms with Gasteiger partial charge in [-0.15, -0.1) is 41.9 Å². The Morgan fingerprint density at radius 1 is 0.449 bits per heavy atom. The van der Waals surface area contributed by atoms with Crippen molar-refractivity contribution in [1.82, 2.24) is 104 Å². The van der Waals surface area contributed by atoms with Gasteiger partial charge in [-0.25, -0.2) is 16.5 Å². The molecule has 12 heterocycles. The van der Waals surface area contributed by atoms with Crippen molar-refractivity contribution in [3.63, 3.8) is 0 Å². The van der Waals surface area contributed by atoms with E-state index in [0.717, 1.165) is 172 Å². The summed E-state index contributed by atoms with van der Waals surface area (Å²) in [6.45, 7) is 17.7. The number of likely N-dealkylation sites (N-methyl/N-ethyl adjacent to an activating group) is 3. The Bertz CT molecular complexity index is 4320. The molecule has 15 rings (SSSR count). The van der Waals surface area contributed by atoms with Gasteiger partial charge in [-0.3, -0.25) is 24.5 Å². The molecule has 98 heavy (non-hydrogen) atoms. The average molecular weight is 1800 g/mol. The van der Waals surface area contributed by atoms with Crippen LogP contribution in [0.15, 0.2) is 144 Å². The fraction of sp³-hybridized carbons (Fsp3) is 0.333. The summed E-state index contributed by atoms with van der Waals surface area (Å²) in [6.07, 6.45) is 3.72. The number of aromatic nitrogens is 15. The van der Waals surface area contributed by atoms with Crippen LogP contribution >= 0.6 is 91.3 Å². The predicted octanol–water partition coefficient (Wildman–Crippen LogP) is 12.9. The molecule has 2 N–H and O–H groups in total. The maximum absolute atomic E-state index is 12.0. The van der Waals surface area contributed by atoms with Crippen molar-refractivity contribution < 1.29 is 20.1 Å². The first-order chi connectivity index (χ1) is 46.4. The van der Waals surface area contributed by atoms with Gasteiger partial charge in [0.25, 0.3) is 0 Å². The zero-order valence-electron chi connectivity index (χ0n) is 53.1. The summed E-state index contributed by atoms with van der Waals surface area (Å²) in [5.41, 5.74) is 12.2. The molecule has 3 saturated heterocycles. The van der Waals surface area contributed by atoms with E-state index in [2.05, 4.69) is 141 Å². The number of pyridine rings is 1. The van der Waals surface area contributed by atoms with Crippen LogP contribution in [0, 0.1) is 2.43 Å². The van der Waals surface area contributed by atoms with E-state index in [-0.39, 0.29) is 40.5 Å². The molecule has 3 aliphatic rings. The number of rotatable bonds is 15. The number of nitrogens with zero attached hydrogens (tertiary/aromatic N) is 19. The van der Waals surface area contributed by atoms with E-state index in [1.807, 2.05) is 144 Å². The molecule has 0 saturated carbocycles. The molecular formula is C69H79Cl3I2IrN21OS-. The molecule has 3 aromatic carbocycles. The van der Waals surface area contributed by atoms with Crippen molar-refractivity contribution in [3.05, 3.63) is 167 Å². The Balaban J connectivity index is 0.000000166. The number of H-pyrrole nitrogens is 2. The van der Waals surface area contributed by atoms with Crippen molar-refractivity contribution in [2.24, 2.45) is 0 Å². The number of hydrogen-bond donors (Lipinski definition) is 2. The van der Waals surface area contributed by atoms with E-state index in [9.17, 15) is 4.79 Å². The molecule has 0 amide bonds. The third-order valence-corrected chi connectivity index (χ3v) is 19.0. The number of thiazole rings is 1. The Morgan fingerprint density at radius 3 is 1.15 bits per heavy atom. The summed E-state index contributed by atoms with van der Waals surface area (Å²) >= 11 is 26.5. The molecule has 3 fully saturated rings. The molecular weight excluding hydrogens is 1720 g/mol. The van der Waals surface area contributed by atoms with E-state index >= 15 is 0 Å². The van der Waals surface area contributed by atoms with Gasteiger partial charge in [-0.2, -0.15) is 15.3 Å². The Morgan fingerprint density at radius 2 is 0.806 bits per heavy atom. The van der Waals surface area contributed by atoms with E-state index in [0.29, 0.717) is 61.1 Å². The Kier molecular flexibility index (Phi) is 28.3. The third-order valence-electron chi connectivity index (χ3n) is 17.1. The van der Waals surface area contributed by atoms with Crippen molar-refractivity contribution in [2.75, 3.05) is 119 Å². The second-order valence-corrected chi connectivity index (χ2v) is 29.0. The standard InChI is InChI=1S/C23H24ClN7O.C22H24ClN7.C21H22ClN7S.CHI2.2CH4.Ir/c1-29-10-12-30(13-11-29)14-15-31-23-19(22(28-31)17-8-5-9-18(32)25-17)20(24)21(26-27-23)16-6-3-2-4-7-16;1-28-10-12-29(13-11-28)14-15-30-22-18(21(27-30)17-8-5-9-24-17)19(23)20(25-26-22)16-6-3-2-4-7-16;1-27-7-9-28(10-8-27)11-12-29-21-17(20(26-29)16-13-23-14-30-16)18(22)19(24-25-21)15-5-3-2-4-6-15;2-1-3;;;/h2-9H,10-15H2,1H3,(H,25,32);2-9,24H,10-15H2,1H3;2-6,13-14H,7-12H2,1H3;1H;2*1H4;/q;;;-1;;;. The molecule has 22 nitrogen and oxygen atoms in total. The quantitative estimate of drug-likeness (QED) is 0.0721. The smallest absolute Gasteiger partial charge is 0.248 e. The molecule has 9 aromatic heterocycles. The molecule has 517 valence electrons. The Labute approximate surface area is 631 Å². The molecule has 29 heteroatoms. The predicted molar refractivity (Wildman–Crippen MR) is 412 cm³/mol. The van der Waals surface area contributed by atoms with Crippen LogP contribution in [0.4, 0.5) is 0 Å². The summed E-state index contributed by atoms with van der Waals surface area (Å²) < 4.78 is 7.67. The second-order valence-electron chi connectivity index (χ2n) is 23.4. The second kappa shape index (κ2) is 36.5. The van der Waals surface area contributed by atoms with E-state index < -0.39 is 0 Å². The molecule has 0 spiro atoms. The maximum Gasteiger partial charge on any atom is 0.248 e. The monoisotopic (exact) mass is 1800 g/mol. The largest absolute Gasteiger partial charge is 0.360 e. The topological polar surface area (TPSA) is 212 Å². The van der Waals surface area contributed by atoms with Crippen LogP contribution in [-0.2, 0) is 39.7 Å². The Hall–Kier alpha value is -6.09. The number of aromatic amines is 2. The zero-order chi connectivity index (χ0) is 65.8. The number of piperazine rings is 3. The molecule has 0 atom stereocenters. The summed E-state index contributed by atoms with van der Waals surface area (Å²) in [5.74, 6) is 0. The minimum Gasteiger partial charge on any atom is -0.360 e. The van der Waals surface area contributed by atoms with Gasteiger partial charge < -0.3 is 69.8 Å². The van der Waals surface area contributed by atoms with Gasteiger partial charge in [0.1, 0.15) is 34.2 Å². The van der Waals surface area contributed by atoms with Gasteiger partial charge in [-0.05, 0) is 39.3 Å².